The highest BCUT2D eigenvalue weighted by Crippen LogP contribution is 2.32. The average Bonchev–Trinajstić information content (AvgIpc) is 2.87. The summed E-state index contributed by atoms with van der Waals surface area (Å²) in [6, 6.07) is 6.97. The van der Waals surface area contributed by atoms with E-state index in [2.05, 4.69) is 26.6 Å². The zero-order valence-corrected chi connectivity index (χ0v) is 13.4. The Bertz CT molecular complexity index is 729. The fourth-order valence-corrected chi connectivity index (χ4v) is 3.38. The number of benzene rings is 1. The Hall–Kier alpha value is -1.86. The summed E-state index contributed by atoms with van der Waals surface area (Å²) in [5.74, 6) is 0.192. The van der Waals surface area contributed by atoms with Crippen LogP contribution in [0.5, 0.6) is 5.75 Å². The monoisotopic (exact) mass is 366 g/mol. The molecule has 2 aromatic rings. The maximum absolute atomic E-state index is 12.1. The molecule has 0 spiro atoms. The highest BCUT2D eigenvalue weighted by atomic mass is 79.9. The van der Waals surface area contributed by atoms with E-state index in [9.17, 15) is 9.59 Å². The maximum atomic E-state index is 12.1. The Labute approximate surface area is 133 Å². The molecule has 2 N–H and O–H groups in total. The zero-order chi connectivity index (χ0) is 15.0. The molecule has 1 aromatic heterocycles. The van der Waals surface area contributed by atoms with Crippen molar-refractivity contribution in [3.63, 3.8) is 0 Å². The largest absolute Gasteiger partial charge is 0.479 e. The van der Waals surface area contributed by atoms with Gasteiger partial charge in [-0.1, -0.05) is 0 Å². The van der Waals surface area contributed by atoms with E-state index in [1.54, 1.807) is 25.1 Å². The summed E-state index contributed by atoms with van der Waals surface area (Å²) in [6.07, 6.45) is -0.514. The van der Waals surface area contributed by atoms with Crippen LogP contribution in [0.4, 0.5) is 11.4 Å². The molecule has 1 aliphatic rings. The van der Waals surface area contributed by atoms with Crippen LogP contribution < -0.4 is 15.4 Å². The molecule has 21 heavy (non-hydrogen) atoms. The van der Waals surface area contributed by atoms with Gasteiger partial charge in [0.15, 0.2) is 6.10 Å². The second kappa shape index (κ2) is 5.50. The lowest BCUT2D eigenvalue weighted by Gasteiger charge is -2.23. The molecule has 0 saturated heterocycles. The summed E-state index contributed by atoms with van der Waals surface area (Å²) in [7, 11) is 0. The van der Waals surface area contributed by atoms with Gasteiger partial charge in [-0.15, -0.1) is 11.3 Å². The second-order valence-corrected chi connectivity index (χ2v) is 6.28. The van der Waals surface area contributed by atoms with E-state index in [1.165, 1.54) is 11.3 Å². The van der Waals surface area contributed by atoms with Crippen LogP contribution in [0, 0.1) is 0 Å². The number of hydrogen-bond donors (Lipinski definition) is 2. The lowest BCUT2D eigenvalue weighted by atomic mass is 10.2. The lowest BCUT2D eigenvalue weighted by molar-refractivity contribution is -0.122. The van der Waals surface area contributed by atoms with Crippen molar-refractivity contribution >= 4 is 50.5 Å². The first-order valence-corrected chi connectivity index (χ1v) is 7.88. The zero-order valence-electron chi connectivity index (χ0n) is 11.0. The number of amides is 2. The third-order valence-electron chi connectivity index (χ3n) is 2.99. The van der Waals surface area contributed by atoms with Crippen molar-refractivity contribution in [2.45, 2.75) is 13.0 Å². The first-order valence-electron chi connectivity index (χ1n) is 6.20. The molecule has 0 aliphatic carbocycles. The van der Waals surface area contributed by atoms with Crippen molar-refractivity contribution in [2.24, 2.45) is 0 Å². The number of anilines is 2. The molecule has 2 amide bonds. The molecular weight excluding hydrogens is 356 g/mol. The van der Waals surface area contributed by atoms with Crippen LogP contribution in [0.1, 0.15) is 16.6 Å². The molecule has 5 nitrogen and oxygen atoms in total. The molecule has 0 saturated carbocycles. The van der Waals surface area contributed by atoms with Gasteiger partial charge >= 0.3 is 0 Å². The van der Waals surface area contributed by atoms with E-state index in [4.69, 9.17) is 4.74 Å². The van der Waals surface area contributed by atoms with Crippen molar-refractivity contribution in [2.75, 3.05) is 10.6 Å². The van der Waals surface area contributed by atoms with Gasteiger partial charge in [0.05, 0.1) is 5.69 Å². The van der Waals surface area contributed by atoms with Gasteiger partial charge in [-0.05, 0) is 52.5 Å². The molecule has 0 radical (unpaired) electrons. The third-order valence-corrected chi connectivity index (χ3v) is 4.83. The summed E-state index contributed by atoms with van der Waals surface area (Å²) in [5, 5.41) is 7.38. The number of nitrogens with one attached hydrogen (secondary N) is 2. The standard InChI is InChI=1S/C14H11BrN2O3S/c1-7-13(18)17-10-6-8(2-3-11(10)20-7)16-14(19)12-9(15)4-5-21-12/h2-7H,1H3,(H,16,19)(H,17,18). The molecule has 108 valence electrons. The molecule has 1 aliphatic heterocycles. The summed E-state index contributed by atoms with van der Waals surface area (Å²) >= 11 is 4.68. The Morgan fingerprint density at radius 2 is 2.24 bits per heavy atom. The van der Waals surface area contributed by atoms with E-state index in [1.807, 2.05) is 11.4 Å². The number of ether oxygens (including phenoxy) is 1. The van der Waals surface area contributed by atoms with Crippen LogP contribution in [0.25, 0.3) is 0 Å². The first kappa shape index (κ1) is 14.1. The predicted molar refractivity (Wildman–Crippen MR) is 85.1 cm³/mol. The quantitative estimate of drug-likeness (QED) is 0.854. The Morgan fingerprint density at radius 1 is 1.43 bits per heavy atom. The first-order chi connectivity index (χ1) is 10.0. The molecule has 1 unspecified atom stereocenters. The van der Waals surface area contributed by atoms with Crippen LogP contribution in [-0.2, 0) is 4.79 Å². The topological polar surface area (TPSA) is 67.4 Å². The van der Waals surface area contributed by atoms with Crippen molar-refractivity contribution in [1.29, 1.82) is 0 Å². The molecule has 0 bridgehead atoms. The van der Waals surface area contributed by atoms with E-state index < -0.39 is 6.10 Å². The smallest absolute Gasteiger partial charge is 0.266 e. The number of carbonyl (C=O) groups excluding carboxylic acids is 2. The SMILES string of the molecule is CC1Oc2ccc(NC(=O)c3sccc3Br)cc2NC1=O. The number of hydrogen-bond acceptors (Lipinski definition) is 4. The minimum atomic E-state index is -0.514. The van der Waals surface area contributed by atoms with Crippen LogP contribution in [0.15, 0.2) is 34.1 Å². The van der Waals surface area contributed by atoms with Gasteiger partial charge < -0.3 is 15.4 Å². The highest BCUT2D eigenvalue weighted by Gasteiger charge is 2.23. The lowest BCUT2D eigenvalue weighted by Crippen LogP contribution is -2.34. The van der Waals surface area contributed by atoms with Crippen LogP contribution in [-0.4, -0.2) is 17.9 Å². The molecule has 1 aromatic carbocycles. The number of fused-ring (bicyclic) bond motifs is 1. The van der Waals surface area contributed by atoms with Crippen molar-refractivity contribution in [3.8, 4) is 5.75 Å². The van der Waals surface area contributed by atoms with Crippen LogP contribution in [0.3, 0.4) is 0 Å². The molecule has 3 rings (SSSR count). The van der Waals surface area contributed by atoms with Gasteiger partial charge in [-0.25, -0.2) is 0 Å². The number of thiophene rings is 1. The van der Waals surface area contributed by atoms with E-state index >= 15 is 0 Å². The summed E-state index contributed by atoms with van der Waals surface area (Å²) < 4.78 is 6.22. The van der Waals surface area contributed by atoms with Gasteiger partial charge in [-0.2, -0.15) is 0 Å². The molecular formula is C14H11BrN2O3S. The van der Waals surface area contributed by atoms with Gasteiger partial charge in [0.1, 0.15) is 10.6 Å². The Morgan fingerprint density at radius 3 is 2.95 bits per heavy atom. The summed E-state index contributed by atoms with van der Waals surface area (Å²) in [6.45, 7) is 1.68. The van der Waals surface area contributed by atoms with E-state index in [-0.39, 0.29) is 11.8 Å². The predicted octanol–water partition coefficient (Wildman–Crippen LogP) is 3.48. The van der Waals surface area contributed by atoms with Gasteiger partial charge in [0, 0.05) is 10.2 Å². The fraction of sp³-hybridized carbons (Fsp3) is 0.143. The summed E-state index contributed by atoms with van der Waals surface area (Å²) in [4.78, 5) is 24.3. The third kappa shape index (κ3) is 2.79. The van der Waals surface area contributed by atoms with Gasteiger partial charge in [0.25, 0.3) is 11.8 Å². The van der Waals surface area contributed by atoms with Crippen molar-refractivity contribution in [1.82, 2.24) is 0 Å². The Balaban J connectivity index is 1.82. The van der Waals surface area contributed by atoms with Crippen LogP contribution in [0.2, 0.25) is 0 Å². The van der Waals surface area contributed by atoms with Crippen LogP contribution >= 0.6 is 27.3 Å². The minimum absolute atomic E-state index is 0.201. The number of carbonyl (C=O) groups is 2. The number of rotatable bonds is 2. The highest BCUT2D eigenvalue weighted by molar-refractivity contribution is 9.10. The molecule has 2 heterocycles. The molecule has 0 fully saturated rings. The van der Waals surface area contributed by atoms with Crippen molar-refractivity contribution < 1.29 is 14.3 Å². The van der Waals surface area contributed by atoms with E-state index in [0.717, 1.165) is 4.47 Å². The van der Waals surface area contributed by atoms with Gasteiger partial charge in [0.2, 0.25) is 0 Å². The maximum Gasteiger partial charge on any atom is 0.266 e. The molecule has 1 atom stereocenters. The summed E-state index contributed by atoms with van der Waals surface area (Å²) in [5.41, 5.74) is 1.15. The average molecular weight is 367 g/mol. The van der Waals surface area contributed by atoms with E-state index in [0.29, 0.717) is 22.0 Å². The van der Waals surface area contributed by atoms with Crippen molar-refractivity contribution in [3.05, 3.63) is 39.0 Å². The van der Waals surface area contributed by atoms with Gasteiger partial charge in [-0.3, -0.25) is 9.59 Å². The Kier molecular flexibility index (Phi) is 3.69. The molecule has 7 heteroatoms. The minimum Gasteiger partial charge on any atom is -0.479 e. The fourth-order valence-electron chi connectivity index (χ4n) is 1.93. The number of halogens is 1. The normalized spacial score (nSPS) is 16.7. The second-order valence-electron chi connectivity index (χ2n) is 4.51.